The minimum absolute atomic E-state index is 0.200. The summed E-state index contributed by atoms with van der Waals surface area (Å²) < 4.78 is 13.6. The monoisotopic (exact) mass is 364 g/mol. The average Bonchev–Trinajstić information content (AvgIpc) is 2.36. The molecule has 100 valence electrons. The molecule has 0 saturated carbocycles. The van der Waals surface area contributed by atoms with E-state index in [1.54, 1.807) is 0 Å². The molecule has 0 heterocycles. The van der Waals surface area contributed by atoms with Gasteiger partial charge in [-0.3, -0.25) is 4.79 Å². The van der Waals surface area contributed by atoms with Gasteiger partial charge in [-0.2, -0.15) is 0 Å². The summed E-state index contributed by atoms with van der Waals surface area (Å²) in [7, 11) is 0. The first-order valence-electron chi connectivity index (χ1n) is 5.95. The molecular weight excluding hydrogens is 346 g/mol. The van der Waals surface area contributed by atoms with E-state index in [9.17, 15) is 9.18 Å². The van der Waals surface area contributed by atoms with Gasteiger partial charge in [0.15, 0.2) is 0 Å². The molecule has 0 atom stereocenters. The standard InChI is InChI=1S/C13H18FIN2O/c1-3-13(4-2,8-16)17-12(18)10-6-5-9(14)7-11(10)15/h5-7H,3-4,8,16H2,1-2H3,(H,17,18). The summed E-state index contributed by atoms with van der Waals surface area (Å²) >= 11 is 1.96. The number of hydrogen-bond donors (Lipinski definition) is 2. The van der Waals surface area contributed by atoms with Crippen LogP contribution in [0.1, 0.15) is 37.0 Å². The van der Waals surface area contributed by atoms with E-state index in [1.165, 1.54) is 18.2 Å². The third-order valence-corrected chi connectivity index (χ3v) is 4.19. The molecule has 0 unspecified atom stereocenters. The average molecular weight is 364 g/mol. The lowest BCUT2D eigenvalue weighted by molar-refractivity contribution is 0.0894. The molecule has 5 heteroatoms. The molecule has 3 nitrogen and oxygen atoms in total. The van der Waals surface area contributed by atoms with E-state index < -0.39 is 0 Å². The summed E-state index contributed by atoms with van der Waals surface area (Å²) in [5.74, 6) is -0.541. The summed E-state index contributed by atoms with van der Waals surface area (Å²) in [6.45, 7) is 4.38. The van der Waals surface area contributed by atoms with Crippen molar-refractivity contribution in [2.24, 2.45) is 5.73 Å². The zero-order valence-corrected chi connectivity index (χ0v) is 12.8. The summed E-state index contributed by atoms with van der Waals surface area (Å²) in [5.41, 5.74) is 5.84. The van der Waals surface area contributed by atoms with Crippen LogP contribution < -0.4 is 11.1 Å². The first kappa shape index (κ1) is 15.4. The molecule has 1 aromatic carbocycles. The molecule has 0 radical (unpaired) electrons. The maximum absolute atomic E-state index is 13.0. The Balaban J connectivity index is 2.94. The number of carbonyl (C=O) groups excluding carboxylic acids is 1. The van der Waals surface area contributed by atoms with Crippen LogP contribution in [0.15, 0.2) is 18.2 Å². The summed E-state index contributed by atoms with van der Waals surface area (Å²) in [4.78, 5) is 12.2. The molecule has 0 bridgehead atoms. The molecule has 0 saturated heterocycles. The molecule has 18 heavy (non-hydrogen) atoms. The van der Waals surface area contributed by atoms with Crippen molar-refractivity contribution < 1.29 is 9.18 Å². The summed E-state index contributed by atoms with van der Waals surface area (Å²) in [6.07, 6.45) is 1.53. The van der Waals surface area contributed by atoms with Crippen LogP contribution in [0, 0.1) is 9.39 Å². The SMILES string of the molecule is CCC(CC)(CN)NC(=O)c1ccc(F)cc1I. The van der Waals surface area contributed by atoms with Gasteiger partial charge in [0.1, 0.15) is 5.82 Å². The molecule has 1 amide bonds. The van der Waals surface area contributed by atoms with Gasteiger partial charge >= 0.3 is 0 Å². The smallest absolute Gasteiger partial charge is 0.252 e. The zero-order valence-electron chi connectivity index (χ0n) is 10.6. The lowest BCUT2D eigenvalue weighted by atomic mass is 9.92. The molecule has 0 aromatic heterocycles. The third-order valence-electron chi connectivity index (χ3n) is 3.30. The molecule has 3 N–H and O–H groups in total. The van der Waals surface area contributed by atoms with Crippen molar-refractivity contribution in [3.63, 3.8) is 0 Å². The Morgan fingerprint density at radius 1 is 1.44 bits per heavy atom. The minimum atomic E-state index is -0.380. The lowest BCUT2D eigenvalue weighted by Gasteiger charge is -2.31. The molecule has 0 aliphatic rings. The van der Waals surface area contributed by atoms with Crippen molar-refractivity contribution in [1.29, 1.82) is 0 Å². The maximum Gasteiger partial charge on any atom is 0.252 e. The Bertz CT molecular complexity index is 425. The highest BCUT2D eigenvalue weighted by Crippen LogP contribution is 2.18. The van der Waals surface area contributed by atoms with E-state index in [0.29, 0.717) is 15.7 Å². The van der Waals surface area contributed by atoms with Crippen molar-refractivity contribution >= 4 is 28.5 Å². The highest BCUT2D eigenvalue weighted by atomic mass is 127. The Morgan fingerprint density at radius 2 is 2.06 bits per heavy atom. The maximum atomic E-state index is 13.0. The Morgan fingerprint density at radius 3 is 2.50 bits per heavy atom. The number of carbonyl (C=O) groups is 1. The topological polar surface area (TPSA) is 55.1 Å². The van der Waals surface area contributed by atoms with E-state index in [-0.39, 0.29) is 17.3 Å². The van der Waals surface area contributed by atoms with E-state index in [4.69, 9.17) is 5.73 Å². The number of nitrogens with two attached hydrogens (primary N) is 1. The molecule has 1 aromatic rings. The Hall–Kier alpha value is -0.690. The highest BCUT2D eigenvalue weighted by molar-refractivity contribution is 14.1. The van der Waals surface area contributed by atoms with Gasteiger partial charge in [0.2, 0.25) is 0 Å². The van der Waals surface area contributed by atoms with Crippen LogP contribution in [0.4, 0.5) is 4.39 Å². The van der Waals surface area contributed by atoms with Crippen molar-refractivity contribution in [2.75, 3.05) is 6.54 Å². The first-order chi connectivity index (χ1) is 8.48. The number of rotatable bonds is 5. The van der Waals surface area contributed by atoms with E-state index in [2.05, 4.69) is 5.32 Å². The quantitative estimate of drug-likeness (QED) is 0.790. The number of benzene rings is 1. The minimum Gasteiger partial charge on any atom is -0.345 e. The molecule has 0 aliphatic heterocycles. The van der Waals surface area contributed by atoms with Gasteiger partial charge < -0.3 is 11.1 Å². The molecule has 1 rings (SSSR count). The predicted molar refractivity (Wildman–Crippen MR) is 79.0 cm³/mol. The van der Waals surface area contributed by atoms with Gasteiger partial charge in [-0.15, -0.1) is 0 Å². The molecule has 0 fully saturated rings. The fraction of sp³-hybridized carbons (Fsp3) is 0.462. The normalized spacial score (nSPS) is 11.4. The van der Waals surface area contributed by atoms with E-state index in [1.807, 2.05) is 36.4 Å². The highest BCUT2D eigenvalue weighted by Gasteiger charge is 2.27. The predicted octanol–water partition coefficient (Wildman–Crippen LogP) is 2.68. The van der Waals surface area contributed by atoms with Crippen LogP contribution in [-0.4, -0.2) is 18.0 Å². The van der Waals surface area contributed by atoms with Crippen molar-refractivity contribution in [1.82, 2.24) is 5.32 Å². The molecule has 0 spiro atoms. The first-order valence-corrected chi connectivity index (χ1v) is 7.03. The van der Waals surface area contributed by atoms with Crippen LogP contribution in [0.2, 0.25) is 0 Å². The second-order valence-corrected chi connectivity index (χ2v) is 5.43. The van der Waals surface area contributed by atoms with Gasteiger partial charge in [-0.05, 0) is 53.6 Å². The third kappa shape index (κ3) is 3.41. The van der Waals surface area contributed by atoms with Crippen molar-refractivity contribution in [2.45, 2.75) is 32.2 Å². The fourth-order valence-electron chi connectivity index (χ4n) is 1.75. The van der Waals surface area contributed by atoms with Gasteiger partial charge in [-0.1, -0.05) is 13.8 Å². The van der Waals surface area contributed by atoms with Gasteiger partial charge in [0, 0.05) is 10.1 Å². The van der Waals surface area contributed by atoms with Crippen LogP contribution in [-0.2, 0) is 0 Å². The second-order valence-electron chi connectivity index (χ2n) is 4.27. The number of nitrogens with one attached hydrogen (secondary N) is 1. The van der Waals surface area contributed by atoms with Crippen LogP contribution in [0.5, 0.6) is 0 Å². The van der Waals surface area contributed by atoms with Crippen LogP contribution in [0.25, 0.3) is 0 Å². The van der Waals surface area contributed by atoms with Gasteiger partial charge in [-0.25, -0.2) is 4.39 Å². The van der Waals surface area contributed by atoms with Crippen molar-refractivity contribution in [3.05, 3.63) is 33.1 Å². The van der Waals surface area contributed by atoms with E-state index in [0.717, 1.165) is 12.8 Å². The largest absolute Gasteiger partial charge is 0.345 e. The fourth-order valence-corrected chi connectivity index (χ4v) is 2.47. The lowest BCUT2D eigenvalue weighted by Crippen LogP contribution is -2.53. The zero-order chi connectivity index (χ0) is 13.8. The summed E-state index contributed by atoms with van der Waals surface area (Å²) in [5, 5.41) is 2.96. The van der Waals surface area contributed by atoms with Gasteiger partial charge in [0.25, 0.3) is 5.91 Å². The van der Waals surface area contributed by atoms with Crippen LogP contribution in [0.3, 0.4) is 0 Å². The van der Waals surface area contributed by atoms with E-state index >= 15 is 0 Å². The Kier molecular flexibility index (Phi) is 5.52. The second kappa shape index (κ2) is 6.47. The summed E-state index contributed by atoms with van der Waals surface area (Å²) in [6, 6.07) is 4.13. The van der Waals surface area contributed by atoms with Gasteiger partial charge in [0.05, 0.1) is 11.1 Å². The van der Waals surface area contributed by atoms with Crippen LogP contribution >= 0.6 is 22.6 Å². The number of halogens is 2. The van der Waals surface area contributed by atoms with Crippen molar-refractivity contribution in [3.8, 4) is 0 Å². The molecule has 0 aliphatic carbocycles. The number of hydrogen-bond acceptors (Lipinski definition) is 2. The Labute approximate surface area is 120 Å². The number of amides is 1. The molecular formula is C13H18FIN2O.